The van der Waals surface area contributed by atoms with Gasteiger partial charge >= 0.3 is 0 Å². The maximum Gasteiger partial charge on any atom is 0.101 e. The summed E-state index contributed by atoms with van der Waals surface area (Å²) >= 11 is 0. The first kappa shape index (κ1) is 30.7. The Morgan fingerprint density at radius 3 is 1.45 bits per heavy atom. The van der Waals surface area contributed by atoms with Gasteiger partial charge in [0.05, 0.1) is 49.9 Å². The Morgan fingerprint density at radius 2 is 0.818 bits per heavy atom. The van der Waals surface area contributed by atoms with Gasteiger partial charge in [0.25, 0.3) is 0 Å². The van der Waals surface area contributed by atoms with Gasteiger partial charge in [-0.25, -0.2) is 0 Å². The lowest BCUT2D eigenvalue weighted by molar-refractivity contribution is 1.16. The molecule has 0 N–H and O–H groups in total. The van der Waals surface area contributed by atoms with Gasteiger partial charge < -0.3 is 13.7 Å². The molecule has 0 aliphatic carbocycles. The molecule has 0 bridgehead atoms. The standard InChI is InChI=1S/C50H29N5/c51-30-34-10-9-15-42-40-13-3-7-18-47(40)54(50(34)42)36-23-20-32(21-24-36)33-22-26-44(35(28-33)31-52)55-48-19-8-4-14-41(48)43-29-37(25-27-49(43)55)53-45-16-5-1-11-38(45)39-12-2-6-17-46(39)53/h1-29H. The molecule has 0 radical (unpaired) electrons. The third kappa shape index (κ3) is 4.45. The highest BCUT2D eigenvalue weighted by molar-refractivity contribution is 6.13. The van der Waals surface area contributed by atoms with E-state index in [1.54, 1.807) is 0 Å². The molecule has 3 aromatic heterocycles. The molecule has 254 valence electrons. The fourth-order valence-corrected chi connectivity index (χ4v) is 8.74. The second kappa shape index (κ2) is 11.8. The van der Waals surface area contributed by atoms with Crippen molar-refractivity contribution in [3.63, 3.8) is 0 Å². The van der Waals surface area contributed by atoms with Crippen molar-refractivity contribution in [2.45, 2.75) is 0 Å². The van der Waals surface area contributed by atoms with Crippen molar-refractivity contribution < 1.29 is 0 Å². The summed E-state index contributed by atoms with van der Waals surface area (Å²) in [5, 5.41) is 27.5. The molecule has 0 fully saturated rings. The normalized spacial score (nSPS) is 11.6. The number of aromatic nitrogens is 3. The van der Waals surface area contributed by atoms with E-state index in [4.69, 9.17) is 0 Å². The zero-order chi connectivity index (χ0) is 36.6. The number of para-hydroxylation sites is 5. The minimum Gasteiger partial charge on any atom is -0.309 e. The van der Waals surface area contributed by atoms with Crippen LogP contribution in [0.5, 0.6) is 0 Å². The van der Waals surface area contributed by atoms with Crippen LogP contribution in [0.1, 0.15) is 11.1 Å². The number of nitrogens with zero attached hydrogens (tertiary/aromatic N) is 5. The first-order valence-corrected chi connectivity index (χ1v) is 18.3. The van der Waals surface area contributed by atoms with Crippen molar-refractivity contribution >= 4 is 65.4 Å². The molecule has 5 nitrogen and oxygen atoms in total. The number of benzene rings is 8. The van der Waals surface area contributed by atoms with Crippen LogP contribution in [-0.2, 0) is 0 Å². The van der Waals surface area contributed by atoms with Crippen LogP contribution in [0.2, 0.25) is 0 Å². The van der Waals surface area contributed by atoms with E-state index >= 15 is 0 Å². The quantitative estimate of drug-likeness (QED) is 0.184. The molecule has 8 aromatic carbocycles. The Bertz CT molecular complexity index is 3400. The molecule has 3 heterocycles. The minimum absolute atomic E-state index is 0.594. The predicted molar refractivity (Wildman–Crippen MR) is 224 cm³/mol. The van der Waals surface area contributed by atoms with Crippen LogP contribution in [0.25, 0.3) is 93.6 Å². The van der Waals surface area contributed by atoms with E-state index in [0.29, 0.717) is 11.1 Å². The maximum atomic E-state index is 10.6. The van der Waals surface area contributed by atoms with E-state index in [9.17, 15) is 10.5 Å². The number of fused-ring (bicyclic) bond motifs is 9. The van der Waals surface area contributed by atoms with Gasteiger partial charge in [-0.2, -0.15) is 10.5 Å². The van der Waals surface area contributed by atoms with E-state index in [1.807, 2.05) is 30.3 Å². The van der Waals surface area contributed by atoms with Gasteiger partial charge in [-0.3, -0.25) is 0 Å². The van der Waals surface area contributed by atoms with Crippen LogP contribution in [0.3, 0.4) is 0 Å². The summed E-state index contributed by atoms with van der Waals surface area (Å²) in [6.07, 6.45) is 0. The van der Waals surface area contributed by atoms with Crippen molar-refractivity contribution in [3.8, 4) is 40.3 Å². The van der Waals surface area contributed by atoms with Gasteiger partial charge in [0.2, 0.25) is 0 Å². The predicted octanol–water partition coefficient (Wildman–Crippen LogP) is 12.4. The Morgan fingerprint density at radius 1 is 0.327 bits per heavy atom. The fraction of sp³-hybridized carbons (Fsp3) is 0. The van der Waals surface area contributed by atoms with Crippen molar-refractivity contribution in [3.05, 3.63) is 187 Å². The molecule has 0 amide bonds. The lowest BCUT2D eigenvalue weighted by atomic mass is 10.0. The average Bonchev–Trinajstić information content (AvgIpc) is 3.89. The SMILES string of the molecule is N#Cc1cc(-c2ccc(-n3c4ccccc4c4cccc(C#N)c43)cc2)ccc1-n1c2ccccc2c2cc(-n3c4ccccc4c4ccccc43)ccc21. The highest BCUT2D eigenvalue weighted by Crippen LogP contribution is 2.39. The van der Waals surface area contributed by atoms with Crippen molar-refractivity contribution in [1.82, 2.24) is 13.7 Å². The Kier molecular flexibility index (Phi) is 6.61. The van der Waals surface area contributed by atoms with Crippen molar-refractivity contribution in [2.75, 3.05) is 0 Å². The molecule has 0 saturated heterocycles. The van der Waals surface area contributed by atoms with Crippen LogP contribution in [0.15, 0.2) is 176 Å². The Hall–Kier alpha value is -7.86. The number of hydrogen-bond acceptors (Lipinski definition) is 2. The maximum absolute atomic E-state index is 10.6. The van der Waals surface area contributed by atoms with Crippen LogP contribution in [0.4, 0.5) is 0 Å². The molecular weight excluding hydrogens is 671 g/mol. The summed E-state index contributed by atoms with van der Waals surface area (Å²) in [7, 11) is 0. The van der Waals surface area contributed by atoms with Crippen molar-refractivity contribution in [1.29, 1.82) is 10.5 Å². The summed E-state index contributed by atoms with van der Waals surface area (Å²) < 4.78 is 6.74. The summed E-state index contributed by atoms with van der Waals surface area (Å²) in [4.78, 5) is 0. The Balaban J connectivity index is 1.03. The van der Waals surface area contributed by atoms with E-state index in [-0.39, 0.29) is 0 Å². The summed E-state index contributed by atoms with van der Waals surface area (Å²) in [5.74, 6) is 0. The molecule has 11 rings (SSSR count). The van der Waals surface area contributed by atoms with Gasteiger partial charge in [0, 0.05) is 43.7 Å². The molecule has 0 atom stereocenters. The van der Waals surface area contributed by atoms with Crippen LogP contribution in [-0.4, -0.2) is 13.7 Å². The first-order valence-electron chi connectivity index (χ1n) is 18.3. The second-order valence-electron chi connectivity index (χ2n) is 14.0. The van der Waals surface area contributed by atoms with Gasteiger partial charge in [-0.05, 0) is 83.9 Å². The molecule has 0 aliphatic heterocycles. The molecule has 11 aromatic rings. The van der Waals surface area contributed by atoms with E-state index in [2.05, 4.69) is 171 Å². The summed E-state index contributed by atoms with van der Waals surface area (Å²) in [5.41, 5.74) is 12.5. The van der Waals surface area contributed by atoms with Gasteiger partial charge in [0.1, 0.15) is 12.1 Å². The van der Waals surface area contributed by atoms with E-state index in [1.165, 1.54) is 21.8 Å². The lowest BCUT2D eigenvalue weighted by Gasteiger charge is -2.13. The van der Waals surface area contributed by atoms with E-state index in [0.717, 1.165) is 71.8 Å². The Labute approximate surface area is 316 Å². The zero-order valence-corrected chi connectivity index (χ0v) is 29.5. The largest absolute Gasteiger partial charge is 0.309 e. The summed E-state index contributed by atoms with van der Waals surface area (Å²) in [6, 6.07) is 65.9. The monoisotopic (exact) mass is 699 g/mol. The number of hydrogen-bond donors (Lipinski definition) is 0. The van der Waals surface area contributed by atoms with Gasteiger partial charge in [0.15, 0.2) is 0 Å². The summed E-state index contributed by atoms with van der Waals surface area (Å²) in [6.45, 7) is 0. The lowest BCUT2D eigenvalue weighted by Crippen LogP contribution is -1.99. The zero-order valence-electron chi connectivity index (χ0n) is 29.5. The van der Waals surface area contributed by atoms with Crippen LogP contribution in [0, 0.1) is 22.7 Å². The minimum atomic E-state index is 0.594. The highest BCUT2D eigenvalue weighted by Gasteiger charge is 2.19. The number of nitriles is 2. The molecular formula is C50H29N5. The topological polar surface area (TPSA) is 62.4 Å². The van der Waals surface area contributed by atoms with Crippen LogP contribution >= 0.6 is 0 Å². The average molecular weight is 700 g/mol. The van der Waals surface area contributed by atoms with Gasteiger partial charge in [-0.1, -0.05) is 103 Å². The molecule has 55 heavy (non-hydrogen) atoms. The molecule has 0 unspecified atom stereocenters. The fourth-order valence-electron chi connectivity index (χ4n) is 8.74. The van der Waals surface area contributed by atoms with Crippen LogP contribution < -0.4 is 0 Å². The molecule has 0 aliphatic rings. The molecule has 5 heteroatoms. The van der Waals surface area contributed by atoms with Gasteiger partial charge in [-0.15, -0.1) is 0 Å². The third-order valence-electron chi connectivity index (χ3n) is 11.1. The number of rotatable bonds is 4. The highest BCUT2D eigenvalue weighted by atomic mass is 15.0. The molecule has 0 spiro atoms. The second-order valence-corrected chi connectivity index (χ2v) is 14.0. The smallest absolute Gasteiger partial charge is 0.101 e. The third-order valence-corrected chi connectivity index (χ3v) is 11.1. The van der Waals surface area contributed by atoms with E-state index < -0.39 is 0 Å². The van der Waals surface area contributed by atoms with Crippen molar-refractivity contribution in [2.24, 2.45) is 0 Å². The molecule has 0 saturated carbocycles. The first-order chi connectivity index (χ1) is 27.2.